The largest absolute Gasteiger partial charge is 0.447 e. The molecule has 0 aliphatic carbocycles. The minimum absolute atomic E-state index is 0.137. The lowest BCUT2D eigenvalue weighted by atomic mass is 10.2. The third-order valence-electron chi connectivity index (χ3n) is 4.67. The highest BCUT2D eigenvalue weighted by Gasteiger charge is 2.20. The molecule has 2 atom stereocenters. The summed E-state index contributed by atoms with van der Waals surface area (Å²) in [7, 11) is 0. The number of aliphatic hydroxyl groups excluding tert-OH is 2. The maximum atomic E-state index is 11.6. The molecule has 0 saturated heterocycles. The van der Waals surface area contributed by atoms with Crippen molar-refractivity contribution in [2.75, 3.05) is 39.5 Å². The molecule has 0 aliphatic heterocycles. The number of alkyl carbamates (subject to hydrolysis) is 2. The number of aliphatic hydroxyl groups is 2. The molecule has 0 spiro atoms. The van der Waals surface area contributed by atoms with Crippen molar-refractivity contribution in [1.29, 1.82) is 0 Å². The Morgan fingerprint density at radius 3 is 1.69 bits per heavy atom. The standard InChI is InChI=1S/C23H37N3O10/c1-3-5-11-24-22(29)35-15-19(27)13-33-21(17-7-9-18(10-8-17)26(31)32)34-14-20(28)16-36-23(30)25-12-6-4-2/h7-10,19-21,27-28H,3-6,11-16H2,1-2H3,(H,24,29)(H,25,30). The topological polar surface area (TPSA) is 179 Å². The number of carbonyl (C=O) groups is 2. The second kappa shape index (κ2) is 18.3. The summed E-state index contributed by atoms with van der Waals surface area (Å²) in [6, 6.07) is 5.35. The van der Waals surface area contributed by atoms with Gasteiger partial charge in [-0.15, -0.1) is 0 Å². The quantitative estimate of drug-likeness (QED) is 0.0981. The van der Waals surface area contributed by atoms with Gasteiger partial charge >= 0.3 is 12.2 Å². The second-order valence-corrected chi connectivity index (χ2v) is 7.91. The molecule has 2 amide bonds. The second-order valence-electron chi connectivity index (χ2n) is 7.91. The zero-order valence-electron chi connectivity index (χ0n) is 20.7. The lowest BCUT2D eigenvalue weighted by molar-refractivity contribution is -0.384. The number of hydrogen-bond donors (Lipinski definition) is 4. The average Bonchev–Trinajstić information content (AvgIpc) is 2.86. The van der Waals surface area contributed by atoms with Crippen LogP contribution >= 0.6 is 0 Å². The van der Waals surface area contributed by atoms with Gasteiger partial charge in [-0.2, -0.15) is 0 Å². The lowest BCUT2D eigenvalue weighted by Crippen LogP contribution is -2.32. The third-order valence-corrected chi connectivity index (χ3v) is 4.67. The number of nitrogens with zero attached hydrogens (tertiary/aromatic N) is 1. The fourth-order valence-electron chi connectivity index (χ4n) is 2.67. The number of unbranched alkanes of at least 4 members (excludes halogenated alkanes) is 2. The first kappa shape index (κ1) is 31.0. The van der Waals surface area contributed by atoms with Crippen LogP contribution in [0.25, 0.3) is 0 Å². The number of amides is 2. The van der Waals surface area contributed by atoms with E-state index in [9.17, 15) is 29.9 Å². The average molecular weight is 516 g/mol. The molecule has 1 aromatic carbocycles. The van der Waals surface area contributed by atoms with E-state index in [4.69, 9.17) is 18.9 Å². The highest BCUT2D eigenvalue weighted by atomic mass is 16.7. The minimum Gasteiger partial charge on any atom is -0.447 e. The van der Waals surface area contributed by atoms with Gasteiger partial charge in [0.1, 0.15) is 25.4 Å². The maximum absolute atomic E-state index is 11.6. The smallest absolute Gasteiger partial charge is 0.407 e. The normalized spacial score (nSPS) is 13.3. The Bertz CT molecular complexity index is 742. The van der Waals surface area contributed by atoms with Crippen LogP contribution in [0.1, 0.15) is 51.4 Å². The molecule has 1 rings (SSSR count). The Kier molecular flexibility index (Phi) is 15.8. The van der Waals surface area contributed by atoms with E-state index in [1.54, 1.807) is 0 Å². The molecule has 0 radical (unpaired) electrons. The molecule has 0 bridgehead atoms. The van der Waals surface area contributed by atoms with Gasteiger partial charge in [0.2, 0.25) is 0 Å². The summed E-state index contributed by atoms with van der Waals surface area (Å²) in [5.41, 5.74) is 0.249. The zero-order valence-corrected chi connectivity index (χ0v) is 20.7. The molecule has 0 aromatic heterocycles. The summed E-state index contributed by atoms with van der Waals surface area (Å²) in [6.07, 6.45) is -1.36. The molecule has 4 N–H and O–H groups in total. The van der Waals surface area contributed by atoms with Gasteiger partial charge in [0.15, 0.2) is 6.29 Å². The van der Waals surface area contributed by atoms with E-state index < -0.39 is 35.6 Å². The summed E-state index contributed by atoms with van der Waals surface area (Å²) < 4.78 is 21.0. The van der Waals surface area contributed by atoms with E-state index in [2.05, 4.69) is 10.6 Å². The minimum atomic E-state index is -1.17. The van der Waals surface area contributed by atoms with E-state index >= 15 is 0 Å². The molecule has 0 fully saturated rings. The molecule has 13 heteroatoms. The first-order valence-corrected chi connectivity index (χ1v) is 11.9. The van der Waals surface area contributed by atoms with Crippen LogP contribution in [0.5, 0.6) is 0 Å². The molecular weight excluding hydrogens is 478 g/mol. The summed E-state index contributed by atoms with van der Waals surface area (Å²) in [5, 5.41) is 36.2. The van der Waals surface area contributed by atoms with E-state index in [0.717, 1.165) is 25.7 Å². The summed E-state index contributed by atoms with van der Waals surface area (Å²) in [5.74, 6) is 0. The van der Waals surface area contributed by atoms with E-state index in [1.165, 1.54) is 24.3 Å². The van der Waals surface area contributed by atoms with Crippen LogP contribution in [-0.4, -0.2) is 79.0 Å². The van der Waals surface area contributed by atoms with Crippen LogP contribution < -0.4 is 10.6 Å². The molecular formula is C23H37N3O10. The van der Waals surface area contributed by atoms with Crippen LogP contribution in [0.2, 0.25) is 0 Å². The Morgan fingerprint density at radius 1 is 0.861 bits per heavy atom. The Labute approximate surface area is 210 Å². The number of hydrogen-bond acceptors (Lipinski definition) is 10. The van der Waals surface area contributed by atoms with Gasteiger partial charge < -0.3 is 39.8 Å². The van der Waals surface area contributed by atoms with Gasteiger partial charge in [-0.3, -0.25) is 10.1 Å². The van der Waals surface area contributed by atoms with Crippen LogP contribution in [0, 0.1) is 10.1 Å². The Morgan fingerprint density at radius 2 is 1.31 bits per heavy atom. The SMILES string of the molecule is CCCCNC(=O)OCC(O)COC(OCC(O)COC(=O)NCCCC)c1ccc([N+](=O)[O-])cc1. The predicted molar refractivity (Wildman–Crippen MR) is 128 cm³/mol. The summed E-state index contributed by atoms with van der Waals surface area (Å²) in [6.45, 7) is 3.65. The zero-order chi connectivity index (χ0) is 26.8. The van der Waals surface area contributed by atoms with E-state index in [0.29, 0.717) is 18.7 Å². The first-order valence-electron chi connectivity index (χ1n) is 11.9. The maximum Gasteiger partial charge on any atom is 0.407 e. The first-order chi connectivity index (χ1) is 17.3. The molecule has 2 unspecified atom stereocenters. The molecule has 0 aliphatic rings. The predicted octanol–water partition coefficient (Wildman–Crippen LogP) is 2.40. The number of ether oxygens (including phenoxy) is 4. The number of nitro benzene ring substituents is 1. The van der Waals surface area contributed by atoms with Crippen molar-refractivity contribution in [3.05, 3.63) is 39.9 Å². The third kappa shape index (κ3) is 13.8. The molecule has 13 nitrogen and oxygen atoms in total. The molecule has 1 aromatic rings. The number of benzene rings is 1. The van der Waals surface area contributed by atoms with Gasteiger partial charge in [0.05, 0.1) is 18.1 Å². The van der Waals surface area contributed by atoms with Crippen molar-refractivity contribution in [2.24, 2.45) is 0 Å². The highest BCUT2D eigenvalue weighted by molar-refractivity contribution is 5.67. The van der Waals surface area contributed by atoms with Gasteiger partial charge in [-0.1, -0.05) is 26.7 Å². The van der Waals surface area contributed by atoms with E-state index in [-0.39, 0.29) is 32.1 Å². The molecule has 204 valence electrons. The van der Waals surface area contributed by atoms with Gasteiger partial charge in [0.25, 0.3) is 5.69 Å². The van der Waals surface area contributed by atoms with Crippen molar-refractivity contribution in [3.63, 3.8) is 0 Å². The Balaban J connectivity index is 2.60. The molecule has 36 heavy (non-hydrogen) atoms. The molecule has 0 saturated carbocycles. The summed E-state index contributed by atoms with van der Waals surface area (Å²) in [4.78, 5) is 33.6. The van der Waals surface area contributed by atoms with Crippen molar-refractivity contribution in [3.8, 4) is 0 Å². The fourth-order valence-corrected chi connectivity index (χ4v) is 2.67. The van der Waals surface area contributed by atoms with Gasteiger partial charge in [-0.05, 0) is 25.0 Å². The highest BCUT2D eigenvalue weighted by Crippen LogP contribution is 2.22. The summed E-state index contributed by atoms with van der Waals surface area (Å²) >= 11 is 0. The van der Waals surface area contributed by atoms with Gasteiger partial charge in [0, 0.05) is 30.8 Å². The van der Waals surface area contributed by atoms with Crippen molar-refractivity contribution >= 4 is 17.9 Å². The van der Waals surface area contributed by atoms with Gasteiger partial charge in [-0.25, -0.2) is 9.59 Å². The van der Waals surface area contributed by atoms with Crippen LogP contribution in [0.15, 0.2) is 24.3 Å². The number of rotatable bonds is 18. The van der Waals surface area contributed by atoms with Crippen molar-refractivity contribution < 1.29 is 43.7 Å². The number of nitrogens with one attached hydrogen (secondary N) is 2. The van der Waals surface area contributed by atoms with Crippen molar-refractivity contribution in [2.45, 2.75) is 58.0 Å². The van der Waals surface area contributed by atoms with E-state index in [1.807, 2.05) is 13.8 Å². The van der Waals surface area contributed by atoms with Crippen molar-refractivity contribution in [1.82, 2.24) is 10.6 Å². The number of nitro groups is 1. The van der Waals surface area contributed by atoms with Crippen LogP contribution in [-0.2, 0) is 18.9 Å². The monoisotopic (exact) mass is 515 g/mol. The molecule has 0 heterocycles. The lowest BCUT2D eigenvalue weighted by Gasteiger charge is -2.22. The number of carbonyl (C=O) groups excluding carboxylic acids is 2. The Hall–Kier alpha value is -3.00. The fraction of sp³-hybridized carbons (Fsp3) is 0.652. The van der Waals surface area contributed by atoms with Crippen LogP contribution in [0.3, 0.4) is 0 Å². The number of non-ortho nitro benzene ring substituents is 1. The van der Waals surface area contributed by atoms with Crippen LogP contribution in [0.4, 0.5) is 15.3 Å².